The fraction of sp³-hybridized carbons (Fsp3) is 0.667. The minimum absolute atomic E-state index is 0. The molecular formula is C12H20ClN3OS. The predicted molar refractivity (Wildman–Crippen MR) is 77.7 cm³/mol. The highest BCUT2D eigenvalue weighted by Gasteiger charge is 2.17. The van der Waals surface area contributed by atoms with Gasteiger partial charge in [0.1, 0.15) is 0 Å². The summed E-state index contributed by atoms with van der Waals surface area (Å²) in [4.78, 5) is 17.3. The standard InChI is InChI=1S/C12H19N3OS.ClH/c1-8-9(2)17-12(14-8)15-11(16)7-10-3-5-13-6-4-10;/h10,13H,3-7H2,1-2H3,(H,14,15,16);1H. The molecule has 0 bridgehead atoms. The summed E-state index contributed by atoms with van der Waals surface area (Å²) in [7, 11) is 0. The number of aryl methyl sites for hydroxylation is 2. The molecule has 2 rings (SSSR count). The average molecular weight is 290 g/mol. The van der Waals surface area contributed by atoms with E-state index in [4.69, 9.17) is 0 Å². The molecule has 0 aliphatic carbocycles. The van der Waals surface area contributed by atoms with Crippen molar-refractivity contribution in [2.75, 3.05) is 18.4 Å². The summed E-state index contributed by atoms with van der Waals surface area (Å²) in [6.45, 7) is 6.06. The topological polar surface area (TPSA) is 54.0 Å². The van der Waals surface area contributed by atoms with E-state index in [1.54, 1.807) is 11.3 Å². The zero-order valence-corrected chi connectivity index (χ0v) is 12.4. The largest absolute Gasteiger partial charge is 0.317 e. The summed E-state index contributed by atoms with van der Waals surface area (Å²) in [6, 6.07) is 0. The molecule has 0 atom stereocenters. The van der Waals surface area contributed by atoms with Gasteiger partial charge < -0.3 is 10.6 Å². The Morgan fingerprint density at radius 3 is 2.67 bits per heavy atom. The van der Waals surface area contributed by atoms with Crippen LogP contribution >= 0.6 is 23.7 Å². The van der Waals surface area contributed by atoms with Crippen LogP contribution in [0.15, 0.2) is 0 Å². The van der Waals surface area contributed by atoms with E-state index < -0.39 is 0 Å². The van der Waals surface area contributed by atoms with Crippen LogP contribution in [0.4, 0.5) is 5.13 Å². The molecule has 0 saturated carbocycles. The van der Waals surface area contributed by atoms with Gasteiger partial charge in [-0.3, -0.25) is 4.79 Å². The molecular weight excluding hydrogens is 270 g/mol. The number of nitrogens with one attached hydrogen (secondary N) is 2. The molecule has 2 heterocycles. The first-order valence-electron chi connectivity index (χ1n) is 6.09. The number of carbonyl (C=O) groups is 1. The first-order chi connectivity index (χ1) is 8.15. The van der Waals surface area contributed by atoms with Crippen LogP contribution in [-0.4, -0.2) is 24.0 Å². The van der Waals surface area contributed by atoms with Gasteiger partial charge in [0.15, 0.2) is 5.13 Å². The predicted octanol–water partition coefficient (Wildman–Crippen LogP) is 2.51. The first kappa shape index (κ1) is 15.4. The Kier molecular flexibility index (Phi) is 6.05. The third-order valence-electron chi connectivity index (χ3n) is 3.21. The second kappa shape index (κ2) is 7.07. The fourth-order valence-electron chi connectivity index (χ4n) is 2.04. The van der Waals surface area contributed by atoms with Crippen LogP contribution in [-0.2, 0) is 4.79 Å². The van der Waals surface area contributed by atoms with Crippen molar-refractivity contribution in [3.05, 3.63) is 10.6 Å². The molecule has 2 N–H and O–H groups in total. The van der Waals surface area contributed by atoms with Gasteiger partial charge in [0.05, 0.1) is 5.69 Å². The number of halogens is 1. The number of hydrogen-bond donors (Lipinski definition) is 2. The zero-order chi connectivity index (χ0) is 12.3. The van der Waals surface area contributed by atoms with Gasteiger partial charge in [0, 0.05) is 11.3 Å². The molecule has 0 spiro atoms. The first-order valence-corrected chi connectivity index (χ1v) is 6.91. The molecule has 0 unspecified atom stereocenters. The van der Waals surface area contributed by atoms with Crippen LogP contribution in [0.3, 0.4) is 0 Å². The molecule has 1 amide bonds. The van der Waals surface area contributed by atoms with Crippen molar-refractivity contribution < 1.29 is 4.79 Å². The van der Waals surface area contributed by atoms with Gasteiger partial charge in [-0.15, -0.1) is 23.7 Å². The summed E-state index contributed by atoms with van der Waals surface area (Å²) >= 11 is 1.55. The van der Waals surface area contributed by atoms with E-state index in [0.29, 0.717) is 12.3 Å². The third kappa shape index (κ3) is 4.23. The third-order valence-corrected chi connectivity index (χ3v) is 4.20. The maximum atomic E-state index is 11.8. The van der Waals surface area contributed by atoms with Gasteiger partial charge in [0.2, 0.25) is 5.91 Å². The summed E-state index contributed by atoms with van der Waals surface area (Å²) in [6.07, 6.45) is 2.83. The van der Waals surface area contributed by atoms with E-state index in [1.807, 2.05) is 13.8 Å². The molecule has 6 heteroatoms. The van der Waals surface area contributed by atoms with E-state index in [9.17, 15) is 4.79 Å². The molecule has 1 fully saturated rings. The normalized spacial score (nSPS) is 16.1. The van der Waals surface area contributed by atoms with Gasteiger partial charge in [-0.25, -0.2) is 4.98 Å². The van der Waals surface area contributed by atoms with Crippen molar-refractivity contribution in [2.24, 2.45) is 5.92 Å². The van der Waals surface area contributed by atoms with Crippen molar-refractivity contribution in [1.82, 2.24) is 10.3 Å². The lowest BCUT2D eigenvalue weighted by Crippen LogP contribution is -2.30. The van der Waals surface area contributed by atoms with Crippen LogP contribution in [0.2, 0.25) is 0 Å². The van der Waals surface area contributed by atoms with E-state index in [0.717, 1.165) is 36.8 Å². The average Bonchev–Trinajstić information content (AvgIpc) is 2.59. The van der Waals surface area contributed by atoms with Crippen LogP contribution < -0.4 is 10.6 Å². The van der Waals surface area contributed by atoms with E-state index in [2.05, 4.69) is 15.6 Å². The highest BCUT2D eigenvalue weighted by molar-refractivity contribution is 7.15. The SMILES string of the molecule is Cc1nc(NC(=O)CC2CCNCC2)sc1C.Cl. The number of amides is 1. The van der Waals surface area contributed by atoms with Gasteiger partial charge in [-0.2, -0.15) is 0 Å². The highest BCUT2D eigenvalue weighted by Crippen LogP contribution is 2.22. The second-order valence-electron chi connectivity index (χ2n) is 4.61. The summed E-state index contributed by atoms with van der Waals surface area (Å²) in [5.74, 6) is 0.629. The monoisotopic (exact) mass is 289 g/mol. The highest BCUT2D eigenvalue weighted by atomic mass is 35.5. The molecule has 18 heavy (non-hydrogen) atoms. The molecule has 102 valence electrons. The fourth-order valence-corrected chi connectivity index (χ4v) is 2.88. The maximum absolute atomic E-state index is 11.8. The number of rotatable bonds is 3. The second-order valence-corrected chi connectivity index (χ2v) is 5.81. The summed E-state index contributed by atoms with van der Waals surface area (Å²) in [5.41, 5.74) is 1.01. The zero-order valence-electron chi connectivity index (χ0n) is 10.8. The van der Waals surface area contributed by atoms with Crippen LogP contribution in [0.1, 0.15) is 29.8 Å². The Hall–Kier alpha value is -0.650. The quantitative estimate of drug-likeness (QED) is 0.899. The number of thiazole rings is 1. The van der Waals surface area contributed by atoms with Gasteiger partial charge >= 0.3 is 0 Å². The Morgan fingerprint density at radius 1 is 1.44 bits per heavy atom. The number of aromatic nitrogens is 1. The lowest BCUT2D eigenvalue weighted by atomic mass is 9.94. The molecule has 1 aromatic heterocycles. The lowest BCUT2D eigenvalue weighted by molar-refractivity contribution is -0.117. The Balaban J connectivity index is 0.00000162. The smallest absolute Gasteiger partial charge is 0.226 e. The van der Waals surface area contributed by atoms with Crippen LogP contribution in [0.25, 0.3) is 0 Å². The van der Waals surface area contributed by atoms with Gasteiger partial charge in [0.25, 0.3) is 0 Å². The molecule has 1 saturated heterocycles. The van der Waals surface area contributed by atoms with Gasteiger partial charge in [-0.1, -0.05) is 0 Å². The maximum Gasteiger partial charge on any atom is 0.226 e. The van der Waals surface area contributed by atoms with Crippen LogP contribution in [0, 0.1) is 19.8 Å². The molecule has 1 aliphatic heterocycles. The summed E-state index contributed by atoms with van der Waals surface area (Å²) in [5, 5.41) is 6.94. The molecule has 1 aliphatic rings. The lowest BCUT2D eigenvalue weighted by Gasteiger charge is -2.21. The number of carbonyl (C=O) groups excluding carboxylic acids is 1. The number of nitrogens with zero attached hydrogens (tertiary/aromatic N) is 1. The number of anilines is 1. The number of piperidine rings is 1. The van der Waals surface area contributed by atoms with Gasteiger partial charge in [-0.05, 0) is 45.7 Å². The Bertz CT molecular complexity index is 383. The van der Waals surface area contributed by atoms with Crippen molar-refractivity contribution in [2.45, 2.75) is 33.1 Å². The van der Waals surface area contributed by atoms with Crippen molar-refractivity contribution >= 4 is 34.8 Å². The van der Waals surface area contributed by atoms with E-state index in [-0.39, 0.29) is 18.3 Å². The van der Waals surface area contributed by atoms with E-state index in [1.165, 1.54) is 4.88 Å². The van der Waals surface area contributed by atoms with E-state index >= 15 is 0 Å². The van der Waals surface area contributed by atoms with Crippen molar-refractivity contribution in [1.29, 1.82) is 0 Å². The molecule has 0 radical (unpaired) electrons. The molecule has 0 aromatic carbocycles. The summed E-state index contributed by atoms with van der Waals surface area (Å²) < 4.78 is 0. The van der Waals surface area contributed by atoms with Crippen molar-refractivity contribution in [3.63, 3.8) is 0 Å². The Labute approximate surface area is 118 Å². The Morgan fingerprint density at radius 2 is 2.11 bits per heavy atom. The minimum Gasteiger partial charge on any atom is -0.317 e. The van der Waals surface area contributed by atoms with Crippen molar-refractivity contribution in [3.8, 4) is 0 Å². The molecule has 1 aromatic rings. The minimum atomic E-state index is 0. The number of hydrogen-bond acceptors (Lipinski definition) is 4. The molecule has 4 nitrogen and oxygen atoms in total. The van der Waals surface area contributed by atoms with Crippen LogP contribution in [0.5, 0.6) is 0 Å².